The first-order valence-corrected chi connectivity index (χ1v) is 4.95. The summed E-state index contributed by atoms with van der Waals surface area (Å²) in [6, 6.07) is 7.20. The third-order valence-electron chi connectivity index (χ3n) is 2.30. The van der Waals surface area contributed by atoms with Crippen LogP contribution >= 0.6 is 0 Å². The van der Waals surface area contributed by atoms with Gasteiger partial charge in [-0.15, -0.1) is 0 Å². The summed E-state index contributed by atoms with van der Waals surface area (Å²) in [7, 11) is 1.32. The normalized spacial score (nSPS) is 9.94. The lowest BCUT2D eigenvalue weighted by atomic mass is 10.1. The van der Waals surface area contributed by atoms with Crippen molar-refractivity contribution < 1.29 is 9.53 Å². The summed E-state index contributed by atoms with van der Waals surface area (Å²) in [5.74, 6) is 0.513. The Kier molecular flexibility index (Phi) is 2.95. The maximum absolute atomic E-state index is 11.0. The zero-order valence-electron chi connectivity index (χ0n) is 9.23. The van der Waals surface area contributed by atoms with E-state index in [1.807, 2.05) is 12.1 Å². The Balaban J connectivity index is 2.19. The van der Waals surface area contributed by atoms with Gasteiger partial charge < -0.3 is 10.5 Å². The number of anilines is 2. The van der Waals surface area contributed by atoms with E-state index in [-0.39, 0.29) is 0 Å². The van der Waals surface area contributed by atoms with Gasteiger partial charge in [0.1, 0.15) is 5.82 Å². The van der Waals surface area contributed by atoms with Gasteiger partial charge in [-0.05, 0) is 17.7 Å². The van der Waals surface area contributed by atoms with E-state index >= 15 is 0 Å². The predicted molar refractivity (Wildman–Crippen MR) is 64.5 cm³/mol. The summed E-state index contributed by atoms with van der Waals surface area (Å²) >= 11 is 0. The minimum Gasteiger partial charge on any atom is -0.453 e. The number of nitrogens with zero attached hydrogens (tertiary/aromatic N) is 1. The van der Waals surface area contributed by atoms with Gasteiger partial charge in [0, 0.05) is 11.3 Å². The van der Waals surface area contributed by atoms with E-state index in [1.165, 1.54) is 7.11 Å². The highest BCUT2D eigenvalue weighted by Gasteiger charge is 2.05. The van der Waals surface area contributed by atoms with E-state index in [2.05, 4.69) is 20.3 Å². The molecule has 6 nitrogen and oxygen atoms in total. The van der Waals surface area contributed by atoms with E-state index in [1.54, 1.807) is 18.3 Å². The van der Waals surface area contributed by atoms with Gasteiger partial charge in [0.2, 0.25) is 0 Å². The molecule has 0 saturated carbocycles. The molecule has 6 heteroatoms. The number of H-pyrrole nitrogens is 1. The molecule has 0 saturated heterocycles. The van der Waals surface area contributed by atoms with Gasteiger partial charge in [-0.1, -0.05) is 12.1 Å². The van der Waals surface area contributed by atoms with E-state index in [4.69, 9.17) is 5.73 Å². The largest absolute Gasteiger partial charge is 0.453 e. The number of benzene rings is 1. The topological polar surface area (TPSA) is 93.0 Å². The highest BCUT2D eigenvalue weighted by atomic mass is 16.5. The number of methoxy groups -OCH3 is 1. The minimum atomic E-state index is -0.499. The smallest absolute Gasteiger partial charge is 0.411 e. The Morgan fingerprint density at radius 2 is 2.12 bits per heavy atom. The molecule has 88 valence electrons. The molecule has 0 radical (unpaired) electrons. The fourth-order valence-corrected chi connectivity index (χ4v) is 1.43. The van der Waals surface area contributed by atoms with Gasteiger partial charge in [0.25, 0.3) is 0 Å². The van der Waals surface area contributed by atoms with Crippen LogP contribution in [0, 0.1) is 0 Å². The fourth-order valence-electron chi connectivity index (χ4n) is 1.43. The summed E-state index contributed by atoms with van der Waals surface area (Å²) in [5.41, 5.74) is 8.11. The van der Waals surface area contributed by atoms with Crippen molar-refractivity contribution in [2.24, 2.45) is 0 Å². The number of hydrogen-bond acceptors (Lipinski definition) is 4. The van der Waals surface area contributed by atoms with Crippen LogP contribution in [-0.2, 0) is 4.74 Å². The molecule has 17 heavy (non-hydrogen) atoms. The standard InChI is InChI=1S/C11H12N4O2/c1-17-11(16)14-8-4-2-7(3-5-8)9-6-13-15-10(9)12/h2-6H,1H3,(H,14,16)(H3,12,13,15). The van der Waals surface area contributed by atoms with Crippen molar-refractivity contribution in [1.82, 2.24) is 10.2 Å². The van der Waals surface area contributed by atoms with Gasteiger partial charge in [-0.2, -0.15) is 5.10 Å². The molecule has 1 amide bonds. The SMILES string of the molecule is COC(=O)Nc1ccc(-c2cn[nH]c2N)cc1. The van der Waals surface area contributed by atoms with Crippen LogP contribution in [0.1, 0.15) is 0 Å². The quantitative estimate of drug-likeness (QED) is 0.736. The third kappa shape index (κ3) is 2.36. The highest BCUT2D eigenvalue weighted by molar-refractivity contribution is 5.85. The van der Waals surface area contributed by atoms with E-state index in [0.717, 1.165) is 11.1 Å². The Morgan fingerprint density at radius 1 is 1.41 bits per heavy atom. The van der Waals surface area contributed by atoms with Crippen LogP contribution in [0.4, 0.5) is 16.3 Å². The lowest BCUT2D eigenvalue weighted by molar-refractivity contribution is 0.187. The number of rotatable bonds is 2. The number of carbonyl (C=O) groups excluding carboxylic acids is 1. The van der Waals surface area contributed by atoms with E-state index in [9.17, 15) is 4.79 Å². The molecule has 1 aromatic carbocycles. The molecule has 4 N–H and O–H groups in total. The minimum absolute atomic E-state index is 0.499. The zero-order valence-corrected chi connectivity index (χ0v) is 9.23. The second kappa shape index (κ2) is 4.56. The molecule has 0 aliphatic rings. The monoisotopic (exact) mass is 232 g/mol. The summed E-state index contributed by atoms with van der Waals surface area (Å²) in [6.07, 6.45) is 1.15. The first kappa shape index (κ1) is 11.0. The Hall–Kier alpha value is -2.50. The summed E-state index contributed by atoms with van der Waals surface area (Å²) in [5, 5.41) is 9.07. The van der Waals surface area contributed by atoms with E-state index < -0.39 is 6.09 Å². The van der Waals surface area contributed by atoms with Crippen molar-refractivity contribution >= 4 is 17.6 Å². The second-order valence-corrected chi connectivity index (χ2v) is 3.39. The molecule has 2 rings (SSSR count). The molecule has 2 aromatic rings. The molecule has 0 fully saturated rings. The van der Waals surface area contributed by atoms with Crippen molar-refractivity contribution in [3.63, 3.8) is 0 Å². The number of aromatic nitrogens is 2. The average molecular weight is 232 g/mol. The lowest BCUT2D eigenvalue weighted by Crippen LogP contribution is -2.10. The number of amides is 1. The van der Waals surface area contributed by atoms with Gasteiger partial charge in [-0.25, -0.2) is 4.79 Å². The first-order valence-electron chi connectivity index (χ1n) is 4.95. The maximum Gasteiger partial charge on any atom is 0.411 e. The van der Waals surface area contributed by atoms with Crippen LogP contribution in [0.2, 0.25) is 0 Å². The number of carbonyl (C=O) groups is 1. The number of hydrogen-bond donors (Lipinski definition) is 3. The molecule has 1 heterocycles. The van der Waals surface area contributed by atoms with Crippen LogP contribution in [0.25, 0.3) is 11.1 Å². The molecule has 1 aromatic heterocycles. The third-order valence-corrected chi connectivity index (χ3v) is 2.30. The van der Waals surface area contributed by atoms with Gasteiger partial charge in [-0.3, -0.25) is 10.4 Å². The number of aromatic amines is 1. The van der Waals surface area contributed by atoms with Crippen molar-refractivity contribution in [1.29, 1.82) is 0 Å². The summed E-state index contributed by atoms with van der Waals surface area (Å²) in [6.45, 7) is 0. The van der Waals surface area contributed by atoms with Crippen molar-refractivity contribution in [3.8, 4) is 11.1 Å². The fraction of sp³-hybridized carbons (Fsp3) is 0.0909. The first-order chi connectivity index (χ1) is 8.20. The van der Waals surface area contributed by atoms with Crippen LogP contribution in [0.15, 0.2) is 30.5 Å². The zero-order chi connectivity index (χ0) is 12.3. The number of ether oxygens (including phenoxy) is 1. The highest BCUT2D eigenvalue weighted by Crippen LogP contribution is 2.24. The van der Waals surface area contributed by atoms with Crippen LogP contribution in [-0.4, -0.2) is 23.4 Å². The number of nitrogens with one attached hydrogen (secondary N) is 2. The lowest BCUT2D eigenvalue weighted by Gasteiger charge is -2.04. The molecular formula is C11H12N4O2. The van der Waals surface area contributed by atoms with Crippen molar-refractivity contribution in [2.75, 3.05) is 18.2 Å². The Morgan fingerprint density at radius 3 is 2.65 bits per heavy atom. The summed E-state index contributed by atoms with van der Waals surface area (Å²) < 4.78 is 4.49. The van der Waals surface area contributed by atoms with Crippen molar-refractivity contribution in [3.05, 3.63) is 30.5 Å². The molecule has 0 aliphatic carbocycles. The average Bonchev–Trinajstić information content (AvgIpc) is 2.76. The van der Waals surface area contributed by atoms with Gasteiger partial charge in [0.05, 0.1) is 13.3 Å². The van der Waals surface area contributed by atoms with Gasteiger partial charge in [0.15, 0.2) is 0 Å². The van der Waals surface area contributed by atoms with Crippen LogP contribution < -0.4 is 11.1 Å². The second-order valence-electron chi connectivity index (χ2n) is 3.39. The van der Waals surface area contributed by atoms with E-state index in [0.29, 0.717) is 11.5 Å². The Bertz CT molecular complexity index is 519. The van der Waals surface area contributed by atoms with Crippen LogP contribution in [0.5, 0.6) is 0 Å². The van der Waals surface area contributed by atoms with Gasteiger partial charge >= 0.3 is 6.09 Å². The molecule has 0 atom stereocenters. The Labute approximate surface area is 97.8 Å². The van der Waals surface area contributed by atoms with Crippen LogP contribution in [0.3, 0.4) is 0 Å². The number of nitrogen functional groups attached to an aromatic ring is 1. The molecule has 0 spiro atoms. The maximum atomic E-state index is 11.0. The number of nitrogens with two attached hydrogens (primary N) is 1. The molecule has 0 bridgehead atoms. The molecule has 0 aliphatic heterocycles. The van der Waals surface area contributed by atoms with Crippen molar-refractivity contribution in [2.45, 2.75) is 0 Å². The molecule has 0 unspecified atom stereocenters. The molecular weight excluding hydrogens is 220 g/mol. The predicted octanol–water partition coefficient (Wildman–Crippen LogP) is 1.84. The summed E-state index contributed by atoms with van der Waals surface area (Å²) in [4.78, 5) is 11.0.